The SMILES string of the molecule is C.Cc1ccc(C)c(CNCC2CCC(Nc3nc(N(C)C)c4ccccc4n3)CC2)c1. The molecule has 2 N–H and O–H groups in total. The minimum Gasteiger partial charge on any atom is -0.362 e. The number of fused-ring (bicyclic) bond motifs is 1. The van der Waals surface area contributed by atoms with Crippen LogP contribution in [0.5, 0.6) is 0 Å². The predicted octanol–water partition coefficient (Wildman–Crippen LogP) is 5.71. The molecular weight excluding hydrogens is 394 g/mol. The average Bonchev–Trinajstić information content (AvgIpc) is 2.76. The second-order valence-corrected chi connectivity index (χ2v) is 9.21. The Bertz CT molecular complexity index is 1020. The van der Waals surface area contributed by atoms with Crippen molar-refractivity contribution in [2.24, 2.45) is 5.92 Å². The van der Waals surface area contributed by atoms with Gasteiger partial charge in [-0.1, -0.05) is 43.3 Å². The van der Waals surface area contributed by atoms with E-state index in [0.717, 1.165) is 41.7 Å². The highest BCUT2D eigenvalue weighted by atomic mass is 15.2. The van der Waals surface area contributed by atoms with E-state index in [0.29, 0.717) is 6.04 Å². The third-order valence-corrected chi connectivity index (χ3v) is 6.44. The average molecular weight is 434 g/mol. The zero-order valence-electron chi connectivity index (χ0n) is 19.3. The molecule has 0 saturated heterocycles. The van der Waals surface area contributed by atoms with E-state index in [9.17, 15) is 0 Å². The zero-order chi connectivity index (χ0) is 21.8. The first-order valence-corrected chi connectivity index (χ1v) is 11.5. The molecule has 0 aliphatic heterocycles. The topological polar surface area (TPSA) is 53.1 Å². The number of aryl methyl sites for hydroxylation is 2. The van der Waals surface area contributed by atoms with Crippen LogP contribution in [0.1, 0.15) is 49.8 Å². The molecule has 0 atom stereocenters. The summed E-state index contributed by atoms with van der Waals surface area (Å²) in [4.78, 5) is 11.6. The van der Waals surface area contributed by atoms with Crippen molar-refractivity contribution in [2.75, 3.05) is 30.9 Å². The van der Waals surface area contributed by atoms with Crippen molar-refractivity contribution < 1.29 is 0 Å². The van der Waals surface area contributed by atoms with Crippen molar-refractivity contribution in [3.63, 3.8) is 0 Å². The molecule has 1 aromatic heterocycles. The molecule has 1 aliphatic rings. The van der Waals surface area contributed by atoms with Gasteiger partial charge in [0.25, 0.3) is 0 Å². The maximum Gasteiger partial charge on any atom is 0.225 e. The first-order chi connectivity index (χ1) is 15.0. The van der Waals surface area contributed by atoms with Gasteiger partial charge in [-0.2, -0.15) is 4.98 Å². The Morgan fingerprint density at radius 2 is 1.72 bits per heavy atom. The van der Waals surface area contributed by atoms with E-state index in [-0.39, 0.29) is 7.43 Å². The van der Waals surface area contributed by atoms with Crippen molar-refractivity contribution in [3.8, 4) is 0 Å². The predicted molar refractivity (Wildman–Crippen MR) is 138 cm³/mol. The minimum atomic E-state index is 0. The summed E-state index contributed by atoms with van der Waals surface area (Å²) in [5, 5.41) is 8.40. The number of benzene rings is 2. The van der Waals surface area contributed by atoms with E-state index in [1.54, 1.807) is 0 Å². The van der Waals surface area contributed by atoms with Crippen LogP contribution >= 0.6 is 0 Å². The second-order valence-electron chi connectivity index (χ2n) is 9.21. The van der Waals surface area contributed by atoms with Crippen LogP contribution in [0, 0.1) is 19.8 Å². The Morgan fingerprint density at radius 3 is 2.47 bits per heavy atom. The fourth-order valence-electron chi connectivity index (χ4n) is 4.56. The summed E-state index contributed by atoms with van der Waals surface area (Å²) in [6.45, 7) is 6.42. The lowest BCUT2D eigenvalue weighted by Gasteiger charge is -2.29. The largest absolute Gasteiger partial charge is 0.362 e. The Labute approximate surface area is 193 Å². The van der Waals surface area contributed by atoms with Crippen LogP contribution in [0.15, 0.2) is 42.5 Å². The van der Waals surface area contributed by atoms with Gasteiger partial charge < -0.3 is 15.5 Å². The molecule has 0 radical (unpaired) electrons. The van der Waals surface area contributed by atoms with Crippen molar-refractivity contribution in [3.05, 3.63) is 59.2 Å². The molecule has 0 unspecified atom stereocenters. The van der Waals surface area contributed by atoms with Crippen molar-refractivity contribution in [1.82, 2.24) is 15.3 Å². The van der Waals surface area contributed by atoms with Gasteiger partial charge in [-0.3, -0.25) is 0 Å². The summed E-state index contributed by atoms with van der Waals surface area (Å²) in [5.41, 5.74) is 5.12. The lowest BCUT2D eigenvalue weighted by atomic mass is 9.86. The van der Waals surface area contributed by atoms with E-state index >= 15 is 0 Å². The number of nitrogens with zero attached hydrogens (tertiary/aromatic N) is 3. The van der Waals surface area contributed by atoms with Gasteiger partial charge in [0.1, 0.15) is 5.82 Å². The van der Waals surface area contributed by atoms with E-state index in [2.05, 4.69) is 59.7 Å². The molecule has 1 heterocycles. The number of aromatic nitrogens is 2. The summed E-state index contributed by atoms with van der Waals surface area (Å²) in [6, 6.07) is 15.4. The van der Waals surface area contributed by atoms with Gasteiger partial charge in [0.05, 0.1) is 5.52 Å². The maximum absolute atomic E-state index is 4.80. The molecule has 0 amide bonds. The lowest BCUT2D eigenvalue weighted by Crippen LogP contribution is -2.31. The van der Waals surface area contributed by atoms with Crippen LogP contribution in [0.25, 0.3) is 10.9 Å². The van der Waals surface area contributed by atoms with Crippen LogP contribution in [-0.4, -0.2) is 36.6 Å². The fourth-order valence-corrected chi connectivity index (χ4v) is 4.56. The molecule has 1 saturated carbocycles. The van der Waals surface area contributed by atoms with Gasteiger partial charge in [0.2, 0.25) is 5.95 Å². The van der Waals surface area contributed by atoms with Gasteiger partial charge in [0, 0.05) is 32.1 Å². The molecule has 0 bridgehead atoms. The second kappa shape index (κ2) is 10.8. The van der Waals surface area contributed by atoms with Crippen LogP contribution in [-0.2, 0) is 6.54 Å². The van der Waals surface area contributed by atoms with Crippen LogP contribution in [0.4, 0.5) is 11.8 Å². The number of rotatable bonds is 7. The van der Waals surface area contributed by atoms with Gasteiger partial charge in [-0.05, 0) is 75.3 Å². The first kappa shape index (κ1) is 24.0. The highest BCUT2D eigenvalue weighted by Crippen LogP contribution is 2.28. The molecule has 5 heteroatoms. The van der Waals surface area contributed by atoms with E-state index in [1.807, 2.05) is 26.2 Å². The standard InChI is InChI=1S/C26H35N5.CH4/c1-18-9-10-19(2)21(15-18)17-27-16-20-11-13-22(14-12-20)28-26-29-24-8-6-5-7-23(24)25(30-26)31(3)4;/h5-10,15,20,22,27H,11-14,16-17H2,1-4H3,(H,28,29,30);1H4. The molecule has 2 aromatic carbocycles. The monoisotopic (exact) mass is 433 g/mol. The number of para-hydroxylation sites is 1. The van der Waals surface area contributed by atoms with Crippen LogP contribution in [0.3, 0.4) is 0 Å². The molecule has 172 valence electrons. The van der Waals surface area contributed by atoms with E-state index in [4.69, 9.17) is 9.97 Å². The molecule has 0 spiro atoms. The third kappa shape index (κ3) is 5.77. The Balaban J connectivity index is 0.00000289. The molecule has 5 nitrogen and oxygen atoms in total. The van der Waals surface area contributed by atoms with Gasteiger partial charge in [-0.25, -0.2) is 4.98 Å². The molecule has 32 heavy (non-hydrogen) atoms. The third-order valence-electron chi connectivity index (χ3n) is 6.44. The summed E-state index contributed by atoms with van der Waals surface area (Å²) >= 11 is 0. The Hall–Kier alpha value is -2.66. The normalized spacial score (nSPS) is 18.2. The Morgan fingerprint density at radius 1 is 0.969 bits per heavy atom. The summed E-state index contributed by atoms with van der Waals surface area (Å²) < 4.78 is 0. The lowest BCUT2D eigenvalue weighted by molar-refractivity contribution is 0.323. The van der Waals surface area contributed by atoms with Gasteiger partial charge in [-0.15, -0.1) is 0 Å². The summed E-state index contributed by atoms with van der Waals surface area (Å²) in [5.74, 6) is 2.47. The quantitative estimate of drug-likeness (QED) is 0.500. The first-order valence-electron chi connectivity index (χ1n) is 11.5. The molecule has 1 aliphatic carbocycles. The summed E-state index contributed by atoms with van der Waals surface area (Å²) in [6.07, 6.45) is 4.82. The van der Waals surface area contributed by atoms with Crippen molar-refractivity contribution in [1.29, 1.82) is 0 Å². The Kier molecular flexibility index (Phi) is 8.08. The van der Waals surface area contributed by atoms with Gasteiger partial charge in [0.15, 0.2) is 0 Å². The number of nitrogens with one attached hydrogen (secondary N) is 2. The van der Waals surface area contributed by atoms with E-state index in [1.165, 1.54) is 42.4 Å². The van der Waals surface area contributed by atoms with Gasteiger partial charge >= 0.3 is 0 Å². The molecule has 3 aromatic rings. The highest BCUT2D eigenvalue weighted by Gasteiger charge is 2.22. The van der Waals surface area contributed by atoms with Crippen molar-refractivity contribution in [2.45, 2.75) is 59.5 Å². The zero-order valence-corrected chi connectivity index (χ0v) is 19.3. The number of hydrogen-bond donors (Lipinski definition) is 2. The molecule has 1 fully saturated rings. The molecular formula is C27H39N5. The smallest absolute Gasteiger partial charge is 0.225 e. The van der Waals surface area contributed by atoms with E-state index < -0.39 is 0 Å². The maximum atomic E-state index is 4.80. The fraction of sp³-hybridized carbons (Fsp3) is 0.481. The minimum absolute atomic E-state index is 0. The van der Waals surface area contributed by atoms with Crippen LogP contribution in [0.2, 0.25) is 0 Å². The number of anilines is 2. The van der Waals surface area contributed by atoms with Crippen LogP contribution < -0.4 is 15.5 Å². The van der Waals surface area contributed by atoms with Crippen molar-refractivity contribution >= 4 is 22.7 Å². The highest BCUT2D eigenvalue weighted by molar-refractivity contribution is 5.90. The summed E-state index contributed by atoms with van der Waals surface area (Å²) in [7, 11) is 4.07. The number of hydrogen-bond acceptors (Lipinski definition) is 5. The molecule has 4 rings (SSSR count).